The third-order valence-electron chi connectivity index (χ3n) is 6.08. The molecule has 7 heteroatoms. The molecule has 2 aliphatic heterocycles. The number of para-hydroxylation sites is 1. The molecule has 150 valence electrons. The number of aromatic nitrogens is 1. The van der Waals surface area contributed by atoms with Gasteiger partial charge >= 0.3 is 0 Å². The van der Waals surface area contributed by atoms with E-state index in [4.69, 9.17) is 4.74 Å². The van der Waals surface area contributed by atoms with Gasteiger partial charge in [-0.1, -0.05) is 12.1 Å². The van der Waals surface area contributed by atoms with Crippen LogP contribution in [0.1, 0.15) is 24.1 Å². The summed E-state index contributed by atoms with van der Waals surface area (Å²) in [6.07, 6.45) is 4.56. The van der Waals surface area contributed by atoms with Gasteiger partial charge in [0.15, 0.2) is 0 Å². The number of hydrogen-bond donors (Lipinski definition) is 1. The van der Waals surface area contributed by atoms with Crippen LogP contribution < -0.4 is 10.1 Å². The minimum Gasteiger partial charge on any atom is -0.496 e. The molecule has 0 radical (unpaired) electrons. The largest absolute Gasteiger partial charge is 0.496 e. The first kappa shape index (κ1) is 19.4. The van der Waals surface area contributed by atoms with Crippen LogP contribution in [-0.4, -0.2) is 66.6 Å². The minimum atomic E-state index is 0.0909. The fraction of sp³-hybridized carbons (Fsp3) is 0.524. The van der Waals surface area contributed by atoms with Gasteiger partial charge in [-0.2, -0.15) is 0 Å². The lowest BCUT2D eigenvalue weighted by atomic mass is 9.86. The van der Waals surface area contributed by atoms with Crippen LogP contribution >= 0.6 is 11.3 Å². The van der Waals surface area contributed by atoms with Crippen molar-refractivity contribution in [2.45, 2.75) is 31.3 Å². The lowest BCUT2D eigenvalue weighted by molar-refractivity contribution is -0.121. The van der Waals surface area contributed by atoms with E-state index in [1.54, 1.807) is 18.4 Å². The Hall–Kier alpha value is -1.96. The first-order valence-electron chi connectivity index (χ1n) is 9.88. The number of amides is 1. The Balaban J connectivity index is 1.47. The number of likely N-dealkylation sites (N-methyl/N-ethyl adjacent to an activating group) is 1. The van der Waals surface area contributed by atoms with Gasteiger partial charge in [0.2, 0.25) is 5.91 Å². The average molecular weight is 401 g/mol. The van der Waals surface area contributed by atoms with Crippen molar-refractivity contribution >= 4 is 17.2 Å². The predicted molar refractivity (Wildman–Crippen MR) is 112 cm³/mol. The van der Waals surface area contributed by atoms with Crippen molar-refractivity contribution in [3.05, 3.63) is 35.3 Å². The summed E-state index contributed by atoms with van der Waals surface area (Å²) in [6.45, 7) is 4.76. The summed E-state index contributed by atoms with van der Waals surface area (Å²) in [5.74, 6) is 1.05. The monoisotopic (exact) mass is 400 g/mol. The van der Waals surface area contributed by atoms with Gasteiger partial charge in [-0.25, -0.2) is 4.98 Å². The molecule has 2 aliphatic rings. The van der Waals surface area contributed by atoms with Gasteiger partial charge in [0.05, 0.1) is 12.7 Å². The van der Waals surface area contributed by atoms with Crippen molar-refractivity contribution in [3.63, 3.8) is 0 Å². The molecule has 1 atom stereocenters. The standard InChI is InChI=1S/C21H28N4O2S/c1-24-11-12-25(15-21(24)8-7-19(26)22-10-9-21)14-16-13-23-20(28-16)17-5-3-4-6-18(17)27-2/h3-6,13H,7-12,14-15H2,1-2H3,(H,22,26)/t21-/m1/s1. The topological polar surface area (TPSA) is 57.7 Å². The van der Waals surface area contributed by atoms with Gasteiger partial charge in [-0.3, -0.25) is 14.6 Å². The van der Waals surface area contributed by atoms with Crippen molar-refractivity contribution in [1.82, 2.24) is 20.1 Å². The average Bonchev–Trinajstić information content (AvgIpc) is 3.09. The zero-order valence-corrected chi connectivity index (χ0v) is 17.4. The second-order valence-electron chi connectivity index (χ2n) is 7.79. The van der Waals surface area contributed by atoms with Crippen molar-refractivity contribution in [1.29, 1.82) is 0 Å². The Morgan fingerprint density at radius 3 is 3.00 bits per heavy atom. The lowest BCUT2D eigenvalue weighted by Crippen LogP contribution is -2.60. The zero-order chi connectivity index (χ0) is 19.6. The van der Waals surface area contributed by atoms with E-state index < -0.39 is 0 Å². The number of carbonyl (C=O) groups is 1. The molecule has 1 amide bonds. The van der Waals surface area contributed by atoms with Gasteiger partial charge in [-0.05, 0) is 32.0 Å². The highest BCUT2D eigenvalue weighted by Gasteiger charge is 2.40. The van der Waals surface area contributed by atoms with E-state index in [0.29, 0.717) is 6.42 Å². The Bertz CT molecular complexity index is 839. The lowest BCUT2D eigenvalue weighted by Gasteiger charge is -2.49. The number of hydrogen-bond acceptors (Lipinski definition) is 6. The van der Waals surface area contributed by atoms with Crippen LogP contribution in [0.15, 0.2) is 30.5 Å². The van der Waals surface area contributed by atoms with Crippen molar-refractivity contribution < 1.29 is 9.53 Å². The SMILES string of the molecule is COc1ccccc1-c1ncc(CN2CCN(C)[C@]3(CCNC(=O)CC3)C2)s1. The highest BCUT2D eigenvalue weighted by Crippen LogP contribution is 2.34. The van der Waals surface area contributed by atoms with Crippen molar-refractivity contribution in [3.8, 4) is 16.3 Å². The summed E-state index contributed by atoms with van der Waals surface area (Å²) >= 11 is 1.74. The molecule has 1 spiro atoms. The molecular formula is C21H28N4O2S. The van der Waals surface area contributed by atoms with E-state index in [2.05, 4.69) is 33.2 Å². The third kappa shape index (κ3) is 3.92. The molecule has 1 aromatic carbocycles. The van der Waals surface area contributed by atoms with E-state index in [9.17, 15) is 4.79 Å². The normalized spacial score (nSPS) is 24.1. The second kappa shape index (κ2) is 8.19. The van der Waals surface area contributed by atoms with Crippen molar-refractivity contribution in [2.24, 2.45) is 0 Å². The van der Waals surface area contributed by atoms with Gasteiger partial charge in [0.25, 0.3) is 0 Å². The smallest absolute Gasteiger partial charge is 0.220 e. The zero-order valence-electron chi connectivity index (χ0n) is 16.6. The molecule has 0 saturated carbocycles. The van der Waals surface area contributed by atoms with Gasteiger partial charge in [0.1, 0.15) is 10.8 Å². The van der Waals surface area contributed by atoms with Gasteiger partial charge < -0.3 is 10.1 Å². The highest BCUT2D eigenvalue weighted by atomic mass is 32.1. The molecule has 2 fully saturated rings. The van der Waals surface area contributed by atoms with Crippen LogP contribution in [0.4, 0.5) is 0 Å². The van der Waals surface area contributed by atoms with Crippen LogP contribution in [0.2, 0.25) is 0 Å². The Morgan fingerprint density at radius 2 is 2.14 bits per heavy atom. The van der Waals surface area contributed by atoms with E-state index in [0.717, 1.165) is 61.9 Å². The maximum Gasteiger partial charge on any atom is 0.220 e. The van der Waals surface area contributed by atoms with Crippen LogP contribution in [0, 0.1) is 0 Å². The van der Waals surface area contributed by atoms with Gasteiger partial charge in [0, 0.05) is 55.8 Å². The maximum absolute atomic E-state index is 11.8. The van der Waals surface area contributed by atoms with E-state index in [1.807, 2.05) is 24.4 Å². The van der Waals surface area contributed by atoms with Crippen LogP contribution in [0.5, 0.6) is 5.75 Å². The molecule has 0 bridgehead atoms. The first-order chi connectivity index (χ1) is 13.6. The number of rotatable bonds is 4. The fourth-order valence-corrected chi connectivity index (χ4v) is 5.35. The number of nitrogens with one attached hydrogen (secondary N) is 1. The number of piperazine rings is 1. The molecule has 4 rings (SSSR count). The molecule has 2 saturated heterocycles. The summed E-state index contributed by atoms with van der Waals surface area (Å²) in [4.78, 5) is 22.7. The number of benzene rings is 1. The number of carbonyl (C=O) groups excluding carboxylic acids is 1. The second-order valence-corrected chi connectivity index (χ2v) is 8.90. The fourth-order valence-electron chi connectivity index (χ4n) is 4.36. The molecule has 6 nitrogen and oxygen atoms in total. The number of thiazole rings is 1. The molecule has 1 aromatic heterocycles. The molecule has 3 heterocycles. The summed E-state index contributed by atoms with van der Waals surface area (Å²) in [5, 5.41) is 4.03. The Labute approximate surface area is 170 Å². The highest BCUT2D eigenvalue weighted by molar-refractivity contribution is 7.15. The van der Waals surface area contributed by atoms with E-state index >= 15 is 0 Å². The van der Waals surface area contributed by atoms with Crippen LogP contribution in [0.3, 0.4) is 0 Å². The summed E-state index contributed by atoms with van der Waals surface area (Å²) in [7, 11) is 3.91. The number of ether oxygens (including phenoxy) is 1. The molecular weight excluding hydrogens is 372 g/mol. The number of methoxy groups -OCH3 is 1. The van der Waals surface area contributed by atoms with E-state index in [1.165, 1.54) is 4.88 Å². The summed E-state index contributed by atoms with van der Waals surface area (Å²) < 4.78 is 5.48. The first-order valence-corrected chi connectivity index (χ1v) is 10.7. The summed E-state index contributed by atoms with van der Waals surface area (Å²) in [6, 6.07) is 8.03. The van der Waals surface area contributed by atoms with Crippen LogP contribution in [-0.2, 0) is 11.3 Å². The Morgan fingerprint density at radius 1 is 1.29 bits per heavy atom. The molecule has 0 unspecified atom stereocenters. The quantitative estimate of drug-likeness (QED) is 0.855. The predicted octanol–water partition coefficient (Wildman–Crippen LogP) is 2.61. The molecule has 28 heavy (non-hydrogen) atoms. The third-order valence-corrected chi connectivity index (χ3v) is 7.10. The van der Waals surface area contributed by atoms with Crippen molar-refractivity contribution in [2.75, 3.05) is 40.3 Å². The number of nitrogens with zero attached hydrogens (tertiary/aromatic N) is 3. The van der Waals surface area contributed by atoms with Gasteiger partial charge in [-0.15, -0.1) is 11.3 Å². The molecule has 1 N–H and O–H groups in total. The van der Waals surface area contributed by atoms with Crippen LogP contribution in [0.25, 0.3) is 10.6 Å². The molecule has 2 aromatic rings. The maximum atomic E-state index is 11.8. The Kier molecular flexibility index (Phi) is 5.66. The summed E-state index contributed by atoms with van der Waals surface area (Å²) in [5.41, 5.74) is 1.14. The minimum absolute atomic E-state index is 0.0909. The van der Waals surface area contributed by atoms with E-state index in [-0.39, 0.29) is 11.4 Å². The molecule has 0 aliphatic carbocycles.